The number of amides is 1. The van der Waals surface area contributed by atoms with Crippen molar-refractivity contribution in [1.29, 1.82) is 0 Å². The molecule has 2 aromatic heterocycles. The van der Waals surface area contributed by atoms with Crippen LogP contribution in [-0.4, -0.2) is 58.8 Å². The Hall–Kier alpha value is -2.77. The number of hydrogen-bond donors (Lipinski definition) is 1. The van der Waals surface area contributed by atoms with Crippen LogP contribution in [0.25, 0.3) is 0 Å². The summed E-state index contributed by atoms with van der Waals surface area (Å²) in [6.45, 7) is 8.00. The molecule has 1 amide bonds. The first-order valence-electron chi connectivity index (χ1n) is 8.52. The van der Waals surface area contributed by atoms with E-state index in [0.717, 1.165) is 37.9 Å². The molecule has 0 atom stereocenters. The second-order valence-corrected chi connectivity index (χ2v) is 6.40. The standard InChI is InChI=1S/C17H23N7O/c1-13(2)12-20-16(25)14-4-5-15(22-21-14)23-8-10-24(11-9-23)17-18-6-3-7-19-17/h3-7,13H,8-12H2,1-2H3,(H,20,25). The fourth-order valence-corrected chi connectivity index (χ4v) is 2.59. The molecule has 1 saturated heterocycles. The zero-order valence-corrected chi connectivity index (χ0v) is 14.6. The molecule has 1 aliphatic heterocycles. The summed E-state index contributed by atoms with van der Waals surface area (Å²) in [5.74, 6) is 1.76. The van der Waals surface area contributed by atoms with Gasteiger partial charge in [0.1, 0.15) is 0 Å². The number of rotatable bonds is 5. The van der Waals surface area contributed by atoms with Crippen molar-refractivity contribution in [2.24, 2.45) is 5.92 Å². The number of nitrogens with zero attached hydrogens (tertiary/aromatic N) is 6. The summed E-state index contributed by atoms with van der Waals surface area (Å²) in [5, 5.41) is 11.1. The lowest BCUT2D eigenvalue weighted by Crippen LogP contribution is -2.47. The van der Waals surface area contributed by atoms with Crippen molar-refractivity contribution in [3.05, 3.63) is 36.3 Å². The van der Waals surface area contributed by atoms with Gasteiger partial charge in [0.25, 0.3) is 5.91 Å². The summed E-state index contributed by atoms with van der Waals surface area (Å²) in [5.41, 5.74) is 0.348. The van der Waals surface area contributed by atoms with Crippen LogP contribution in [0.3, 0.4) is 0 Å². The maximum Gasteiger partial charge on any atom is 0.271 e. The number of carbonyl (C=O) groups is 1. The van der Waals surface area contributed by atoms with Gasteiger partial charge in [-0.2, -0.15) is 0 Å². The largest absolute Gasteiger partial charge is 0.352 e. The molecule has 0 aliphatic carbocycles. The van der Waals surface area contributed by atoms with Crippen molar-refractivity contribution >= 4 is 17.7 Å². The fourth-order valence-electron chi connectivity index (χ4n) is 2.59. The molecule has 3 rings (SSSR count). The smallest absolute Gasteiger partial charge is 0.271 e. The van der Waals surface area contributed by atoms with Gasteiger partial charge in [0, 0.05) is 45.1 Å². The predicted molar refractivity (Wildman–Crippen MR) is 95.7 cm³/mol. The zero-order valence-electron chi connectivity index (χ0n) is 14.6. The minimum Gasteiger partial charge on any atom is -0.352 e. The maximum atomic E-state index is 12.0. The van der Waals surface area contributed by atoms with E-state index >= 15 is 0 Å². The highest BCUT2D eigenvalue weighted by Crippen LogP contribution is 2.15. The van der Waals surface area contributed by atoms with Crippen LogP contribution >= 0.6 is 0 Å². The molecular weight excluding hydrogens is 318 g/mol. The van der Waals surface area contributed by atoms with Crippen molar-refractivity contribution in [2.75, 3.05) is 42.5 Å². The number of nitrogens with one attached hydrogen (secondary N) is 1. The summed E-state index contributed by atoms with van der Waals surface area (Å²) >= 11 is 0. The van der Waals surface area contributed by atoms with Gasteiger partial charge in [-0.05, 0) is 24.1 Å². The predicted octanol–water partition coefficient (Wildman–Crippen LogP) is 0.979. The molecule has 8 heteroatoms. The monoisotopic (exact) mass is 341 g/mol. The van der Waals surface area contributed by atoms with Crippen molar-refractivity contribution in [3.63, 3.8) is 0 Å². The maximum absolute atomic E-state index is 12.0. The SMILES string of the molecule is CC(C)CNC(=O)c1ccc(N2CCN(c3ncccn3)CC2)nn1. The molecular formula is C17H23N7O. The van der Waals surface area contributed by atoms with Crippen LogP contribution < -0.4 is 15.1 Å². The summed E-state index contributed by atoms with van der Waals surface area (Å²) in [6, 6.07) is 5.39. The number of anilines is 2. The number of hydrogen-bond acceptors (Lipinski definition) is 7. The van der Waals surface area contributed by atoms with Gasteiger partial charge >= 0.3 is 0 Å². The number of carbonyl (C=O) groups excluding carboxylic acids is 1. The van der Waals surface area contributed by atoms with E-state index in [0.29, 0.717) is 18.2 Å². The van der Waals surface area contributed by atoms with E-state index in [1.807, 2.05) is 12.1 Å². The zero-order chi connectivity index (χ0) is 17.6. The Labute approximate surface area is 147 Å². The van der Waals surface area contributed by atoms with Crippen LogP contribution in [-0.2, 0) is 0 Å². The molecule has 8 nitrogen and oxygen atoms in total. The molecule has 1 aliphatic rings. The third-order valence-corrected chi connectivity index (χ3v) is 3.99. The summed E-state index contributed by atoms with van der Waals surface area (Å²) < 4.78 is 0. The Balaban J connectivity index is 1.56. The number of piperazine rings is 1. The molecule has 0 aromatic carbocycles. The minimum atomic E-state index is -0.182. The molecule has 0 radical (unpaired) electrons. The second kappa shape index (κ2) is 7.87. The highest BCUT2D eigenvalue weighted by Gasteiger charge is 2.20. The van der Waals surface area contributed by atoms with E-state index in [9.17, 15) is 4.79 Å². The molecule has 0 bridgehead atoms. The Bertz CT molecular complexity index is 682. The van der Waals surface area contributed by atoms with Gasteiger partial charge in [-0.1, -0.05) is 13.8 Å². The number of aromatic nitrogens is 4. The van der Waals surface area contributed by atoms with E-state index < -0.39 is 0 Å². The van der Waals surface area contributed by atoms with Gasteiger partial charge in [0.05, 0.1) is 0 Å². The first-order chi connectivity index (χ1) is 12.1. The second-order valence-electron chi connectivity index (χ2n) is 6.40. The van der Waals surface area contributed by atoms with Crippen LogP contribution in [0.15, 0.2) is 30.6 Å². The first kappa shape index (κ1) is 17.1. The quantitative estimate of drug-likeness (QED) is 0.867. The lowest BCUT2D eigenvalue weighted by atomic mass is 10.2. The summed E-state index contributed by atoms with van der Waals surface area (Å²) in [6.07, 6.45) is 3.51. The molecule has 0 unspecified atom stereocenters. The normalized spacial score (nSPS) is 14.7. The van der Waals surface area contributed by atoms with Gasteiger partial charge in [-0.3, -0.25) is 4.79 Å². The Morgan fingerprint density at radius 2 is 1.76 bits per heavy atom. The fraction of sp³-hybridized carbons (Fsp3) is 0.471. The summed E-state index contributed by atoms with van der Waals surface area (Å²) in [7, 11) is 0. The molecule has 0 spiro atoms. The van der Waals surface area contributed by atoms with Crippen LogP contribution in [0.2, 0.25) is 0 Å². The van der Waals surface area contributed by atoms with E-state index in [-0.39, 0.29) is 5.91 Å². The Kier molecular flexibility index (Phi) is 5.37. The molecule has 1 N–H and O–H groups in total. The van der Waals surface area contributed by atoms with Gasteiger partial charge in [0.15, 0.2) is 11.5 Å². The minimum absolute atomic E-state index is 0.182. The van der Waals surface area contributed by atoms with E-state index in [1.54, 1.807) is 18.5 Å². The van der Waals surface area contributed by atoms with Crippen LogP contribution in [0.5, 0.6) is 0 Å². The molecule has 1 fully saturated rings. The molecule has 3 heterocycles. The third-order valence-electron chi connectivity index (χ3n) is 3.99. The van der Waals surface area contributed by atoms with Crippen molar-refractivity contribution in [3.8, 4) is 0 Å². The Morgan fingerprint density at radius 3 is 2.36 bits per heavy atom. The average molecular weight is 341 g/mol. The molecule has 132 valence electrons. The average Bonchev–Trinajstić information content (AvgIpc) is 2.67. The topological polar surface area (TPSA) is 87.1 Å². The third kappa shape index (κ3) is 4.40. The van der Waals surface area contributed by atoms with Crippen molar-refractivity contribution in [2.45, 2.75) is 13.8 Å². The molecule has 2 aromatic rings. The van der Waals surface area contributed by atoms with Crippen molar-refractivity contribution < 1.29 is 4.79 Å². The van der Waals surface area contributed by atoms with Crippen molar-refractivity contribution in [1.82, 2.24) is 25.5 Å². The highest BCUT2D eigenvalue weighted by atomic mass is 16.1. The summed E-state index contributed by atoms with van der Waals surface area (Å²) in [4.78, 5) is 24.9. The lowest BCUT2D eigenvalue weighted by molar-refractivity contribution is 0.0943. The lowest BCUT2D eigenvalue weighted by Gasteiger charge is -2.35. The van der Waals surface area contributed by atoms with E-state index in [2.05, 4.69) is 49.1 Å². The van der Waals surface area contributed by atoms with Gasteiger partial charge in [0.2, 0.25) is 5.95 Å². The first-order valence-corrected chi connectivity index (χ1v) is 8.52. The van der Waals surface area contributed by atoms with Gasteiger partial charge in [-0.25, -0.2) is 9.97 Å². The molecule has 25 heavy (non-hydrogen) atoms. The molecule has 0 saturated carbocycles. The van der Waals surface area contributed by atoms with Crippen LogP contribution in [0, 0.1) is 5.92 Å². The Morgan fingerprint density at radius 1 is 1.08 bits per heavy atom. The van der Waals surface area contributed by atoms with E-state index in [4.69, 9.17) is 0 Å². The van der Waals surface area contributed by atoms with E-state index in [1.165, 1.54) is 0 Å². The van der Waals surface area contributed by atoms with Gasteiger partial charge < -0.3 is 15.1 Å². The highest BCUT2D eigenvalue weighted by molar-refractivity contribution is 5.92. The van der Waals surface area contributed by atoms with Crippen LogP contribution in [0.4, 0.5) is 11.8 Å². The van der Waals surface area contributed by atoms with Gasteiger partial charge in [-0.15, -0.1) is 10.2 Å². The van der Waals surface area contributed by atoms with Crippen LogP contribution in [0.1, 0.15) is 24.3 Å².